The number of amides is 2. The van der Waals surface area contributed by atoms with E-state index >= 15 is 0 Å². The van der Waals surface area contributed by atoms with E-state index in [0.29, 0.717) is 13.1 Å². The fourth-order valence-electron chi connectivity index (χ4n) is 3.41. The summed E-state index contributed by atoms with van der Waals surface area (Å²) in [5.74, 6) is 1.31. The Kier molecular flexibility index (Phi) is 4.29. The van der Waals surface area contributed by atoms with Crippen molar-refractivity contribution in [2.45, 2.75) is 32.4 Å². The van der Waals surface area contributed by atoms with E-state index in [2.05, 4.69) is 36.0 Å². The number of nitrogens with one attached hydrogen (secondary N) is 1. The normalized spacial score (nSPS) is 19.3. The Morgan fingerprint density at radius 2 is 2.08 bits per heavy atom. The number of benzene rings is 1. The van der Waals surface area contributed by atoms with Gasteiger partial charge in [-0.2, -0.15) is 0 Å². The first-order valence-corrected chi connectivity index (χ1v) is 9.16. The largest absolute Gasteiger partial charge is 0.348 e. The van der Waals surface area contributed by atoms with E-state index in [1.165, 1.54) is 0 Å². The number of hydrogen-bond acceptors (Lipinski definition) is 4. The quantitative estimate of drug-likeness (QED) is 0.841. The first kappa shape index (κ1) is 16.3. The predicted octanol–water partition coefficient (Wildman–Crippen LogP) is 1.66. The molecule has 0 saturated carbocycles. The van der Waals surface area contributed by atoms with Crippen molar-refractivity contribution in [3.63, 3.8) is 0 Å². The van der Waals surface area contributed by atoms with Crippen LogP contribution in [-0.2, 0) is 29.1 Å². The van der Waals surface area contributed by atoms with E-state index in [-0.39, 0.29) is 24.2 Å². The van der Waals surface area contributed by atoms with E-state index in [9.17, 15) is 9.59 Å². The van der Waals surface area contributed by atoms with Crippen molar-refractivity contribution in [3.8, 4) is 0 Å². The Hall–Kier alpha value is -2.22. The third-order valence-electron chi connectivity index (χ3n) is 4.74. The Balaban J connectivity index is 1.38. The molecule has 2 aliphatic rings. The number of halogens is 1. The fourth-order valence-corrected chi connectivity index (χ4v) is 3.67. The molecule has 0 radical (unpaired) electrons. The van der Waals surface area contributed by atoms with Gasteiger partial charge in [-0.1, -0.05) is 15.9 Å². The molecule has 4 rings (SSSR count). The summed E-state index contributed by atoms with van der Waals surface area (Å²) in [5, 5.41) is 11.2. The molecule has 3 heterocycles. The zero-order chi connectivity index (χ0) is 17.4. The molecular formula is C17H18BrN5O2. The summed E-state index contributed by atoms with van der Waals surface area (Å²) < 4.78 is 3.02. The number of anilines is 1. The second-order valence-corrected chi connectivity index (χ2v) is 7.30. The molecular weight excluding hydrogens is 386 g/mol. The van der Waals surface area contributed by atoms with E-state index in [0.717, 1.165) is 41.2 Å². The van der Waals surface area contributed by atoms with Gasteiger partial charge in [-0.15, -0.1) is 10.2 Å². The molecule has 25 heavy (non-hydrogen) atoms. The Labute approximate surface area is 153 Å². The third-order valence-corrected chi connectivity index (χ3v) is 5.27. The highest BCUT2D eigenvalue weighted by Gasteiger charge is 2.35. The van der Waals surface area contributed by atoms with Crippen molar-refractivity contribution in [1.82, 2.24) is 20.1 Å². The SMILES string of the molecule is O=C(NCc1nnc2n1CCC2)[C@@H]1CC(=O)N(c2ccc(Br)cc2)C1. The second-order valence-electron chi connectivity index (χ2n) is 6.39. The van der Waals surface area contributed by atoms with Crippen molar-refractivity contribution in [2.24, 2.45) is 5.92 Å². The van der Waals surface area contributed by atoms with Crippen LogP contribution >= 0.6 is 15.9 Å². The summed E-state index contributed by atoms with van der Waals surface area (Å²) in [6.07, 6.45) is 2.26. The lowest BCUT2D eigenvalue weighted by Gasteiger charge is -2.16. The summed E-state index contributed by atoms with van der Waals surface area (Å²) in [7, 11) is 0. The maximum atomic E-state index is 12.5. The highest BCUT2D eigenvalue weighted by molar-refractivity contribution is 9.10. The Morgan fingerprint density at radius 1 is 1.28 bits per heavy atom. The van der Waals surface area contributed by atoms with Gasteiger partial charge in [0.05, 0.1) is 12.5 Å². The number of nitrogens with zero attached hydrogens (tertiary/aromatic N) is 4. The molecule has 7 nitrogen and oxygen atoms in total. The summed E-state index contributed by atoms with van der Waals surface area (Å²) in [4.78, 5) is 26.4. The monoisotopic (exact) mass is 403 g/mol. The average molecular weight is 404 g/mol. The van der Waals surface area contributed by atoms with Gasteiger partial charge in [0.2, 0.25) is 11.8 Å². The predicted molar refractivity (Wildman–Crippen MR) is 94.8 cm³/mol. The lowest BCUT2D eigenvalue weighted by Crippen LogP contribution is -2.33. The van der Waals surface area contributed by atoms with Crippen LogP contribution in [0, 0.1) is 5.92 Å². The first-order chi connectivity index (χ1) is 12.1. The third kappa shape index (κ3) is 3.18. The number of aromatic nitrogens is 3. The highest BCUT2D eigenvalue weighted by atomic mass is 79.9. The Bertz CT molecular complexity index is 817. The summed E-state index contributed by atoms with van der Waals surface area (Å²) >= 11 is 3.38. The molecule has 2 aliphatic heterocycles. The first-order valence-electron chi connectivity index (χ1n) is 8.36. The molecule has 0 bridgehead atoms. The number of carbonyl (C=O) groups excluding carboxylic acids is 2. The number of hydrogen-bond donors (Lipinski definition) is 1. The Morgan fingerprint density at radius 3 is 2.88 bits per heavy atom. The summed E-state index contributed by atoms with van der Waals surface area (Å²) in [5.41, 5.74) is 0.818. The zero-order valence-electron chi connectivity index (χ0n) is 13.6. The van der Waals surface area contributed by atoms with Crippen LogP contribution in [0.5, 0.6) is 0 Å². The van der Waals surface area contributed by atoms with Crippen LogP contribution in [-0.4, -0.2) is 33.1 Å². The maximum Gasteiger partial charge on any atom is 0.227 e. The summed E-state index contributed by atoms with van der Waals surface area (Å²) in [6, 6.07) is 7.54. The topological polar surface area (TPSA) is 80.1 Å². The second kappa shape index (κ2) is 6.59. The van der Waals surface area contributed by atoms with Crippen LogP contribution < -0.4 is 10.2 Å². The van der Waals surface area contributed by atoms with Crippen molar-refractivity contribution >= 4 is 33.4 Å². The van der Waals surface area contributed by atoms with Crippen LogP contribution in [0.25, 0.3) is 0 Å². The number of fused-ring (bicyclic) bond motifs is 1. The molecule has 1 atom stereocenters. The van der Waals surface area contributed by atoms with Crippen molar-refractivity contribution in [1.29, 1.82) is 0 Å². The van der Waals surface area contributed by atoms with E-state index in [1.54, 1.807) is 4.90 Å². The van der Waals surface area contributed by atoms with Crippen LogP contribution in [0.3, 0.4) is 0 Å². The van der Waals surface area contributed by atoms with Crippen LogP contribution in [0.2, 0.25) is 0 Å². The number of aryl methyl sites for hydroxylation is 1. The fraction of sp³-hybridized carbons (Fsp3) is 0.412. The zero-order valence-corrected chi connectivity index (χ0v) is 15.2. The molecule has 1 saturated heterocycles. The van der Waals surface area contributed by atoms with Gasteiger partial charge in [0.25, 0.3) is 0 Å². The van der Waals surface area contributed by atoms with Gasteiger partial charge in [0, 0.05) is 36.1 Å². The van der Waals surface area contributed by atoms with Gasteiger partial charge in [0.15, 0.2) is 5.82 Å². The molecule has 0 aliphatic carbocycles. The molecule has 0 spiro atoms. The number of carbonyl (C=O) groups is 2. The minimum atomic E-state index is -0.336. The van der Waals surface area contributed by atoms with Gasteiger partial charge < -0.3 is 14.8 Å². The molecule has 0 unspecified atom stereocenters. The lowest BCUT2D eigenvalue weighted by atomic mass is 10.1. The van der Waals surface area contributed by atoms with E-state index in [1.807, 2.05) is 24.3 Å². The van der Waals surface area contributed by atoms with E-state index in [4.69, 9.17) is 0 Å². The van der Waals surface area contributed by atoms with Gasteiger partial charge in [0.1, 0.15) is 5.82 Å². The van der Waals surface area contributed by atoms with Gasteiger partial charge in [-0.3, -0.25) is 9.59 Å². The van der Waals surface area contributed by atoms with Crippen LogP contribution in [0.15, 0.2) is 28.7 Å². The van der Waals surface area contributed by atoms with Gasteiger partial charge in [-0.05, 0) is 30.7 Å². The van der Waals surface area contributed by atoms with Crippen molar-refractivity contribution in [2.75, 3.05) is 11.4 Å². The highest BCUT2D eigenvalue weighted by Crippen LogP contribution is 2.26. The van der Waals surface area contributed by atoms with Gasteiger partial charge in [-0.25, -0.2) is 0 Å². The molecule has 1 aromatic heterocycles. The average Bonchev–Trinajstić information content (AvgIpc) is 3.29. The minimum absolute atomic E-state index is 0.0224. The molecule has 130 valence electrons. The van der Waals surface area contributed by atoms with Gasteiger partial charge >= 0.3 is 0 Å². The molecule has 8 heteroatoms. The van der Waals surface area contributed by atoms with Crippen LogP contribution in [0.1, 0.15) is 24.5 Å². The summed E-state index contributed by atoms with van der Waals surface area (Å²) in [6.45, 7) is 1.67. The molecule has 1 aromatic carbocycles. The molecule has 2 aromatic rings. The molecule has 2 amide bonds. The van der Waals surface area contributed by atoms with Crippen molar-refractivity contribution < 1.29 is 9.59 Å². The van der Waals surface area contributed by atoms with Crippen molar-refractivity contribution in [3.05, 3.63) is 40.4 Å². The standard InChI is InChI=1S/C17H18BrN5O2/c18-12-3-5-13(6-4-12)23-10-11(8-16(23)24)17(25)19-9-15-21-20-14-2-1-7-22(14)15/h3-6,11H,1-2,7-10H2,(H,19,25)/t11-/m1/s1. The minimum Gasteiger partial charge on any atom is -0.348 e. The maximum absolute atomic E-state index is 12.5. The van der Waals surface area contributed by atoms with E-state index < -0.39 is 0 Å². The lowest BCUT2D eigenvalue weighted by molar-refractivity contribution is -0.126. The van der Waals surface area contributed by atoms with Crippen LogP contribution in [0.4, 0.5) is 5.69 Å². The number of rotatable bonds is 4. The smallest absolute Gasteiger partial charge is 0.227 e. The molecule has 1 fully saturated rings. The molecule has 1 N–H and O–H groups in total.